The van der Waals surface area contributed by atoms with Gasteiger partial charge in [-0.3, -0.25) is 9.88 Å². The van der Waals surface area contributed by atoms with Crippen LogP contribution in [0.25, 0.3) is 28.8 Å². The highest BCUT2D eigenvalue weighted by Crippen LogP contribution is 2.30. The molecular formula is C20H22FN6O7P. The second-order valence-corrected chi connectivity index (χ2v) is 8.26. The number of aliphatic hydroxyl groups excluding tert-OH is 1. The minimum atomic E-state index is -4.64. The third kappa shape index (κ3) is 6.74. The zero-order chi connectivity index (χ0) is 25.8. The molecule has 1 aliphatic rings. The van der Waals surface area contributed by atoms with Crippen LogP contribution in [0.4, 0.5) is 14.9 Å². The zero-order valence-corrected chi connectivity index (χ0v) is 19.2. The average Bonchev–Trinajstić information content (AvgIpc) is 3.44. The summed E-state index contributed by atoms with van der Waals surface area (Å²) in [5.41, 5.74) is 1.74. The lowest BCUT2D eigenvalue weighted by Crippen LogP contribution is -2.30. The third-order valence-electron chi connectivity index (χ3n) is 4.84. The summed E-state index contributed by atoms with van der Waals surface area (Å²) >= 11 is 0. The fourth-order valence-corrected chi connectivity index (χ4v) is 3.16. The van der Waals surface area contributed by atoms with Gasteiger partial charge in [0.2, 0.25) is 5.82 Å². The Hall–Kier alpha value is -3.55. The van der Waals surface area contributed by atoms with Crippen molar-refractivity contribution in [1.82, 2.24) is 25.2 Å². The predicted molar refractivity (Wildman–Crippen MR) is 121 cm³/mol. The molecule has 1 aromatic carbocycles. The quantitative estimate of drug-likeness (QED) is 0.356. The number of amides is 1. The van der Waals surface area contributed by atoms with Gasteiger partial charge in [-0.05, 0) is 35.9 Å². The number of phosphoric acid groups is 1. The van der Waals surface area contributed by atoms with Crippen molar-refractivity contribution in [2.24, 2.45) is 0 Å². The van der Waals surface area contributed by atoms with E-state index in [-0.39, 0.29) is 6.54 Å². The van der Waals surface area contributed by atoms with Gasteiger partial charge in [-0.25, -0.2) is 13.8 Å². The van der Waals surface area contributed by atoms with Crippen LogP contribution in [0.15, 0.2) is 43.1 Å². The van der Waals surface area contributed by atoms with Gasteiger partial charge in [-0.2, -0.15) is 0 Å². The van der Waals surface area contributed by atoms with E-state index in [2.05, 4.69) is 27.0 Å². The van der Waals surface area contributed by atoms with Gasteiger partial charge < -0.3 is 24.5 Å². The van der Waals surface area contributed by atoms with Crippen LogP contribution in [-0.4, -0.2) is 69.8 Å². The standard InChI is InChI=1S/C20H19FN6O3.H3O4P/c1-3-17(28)18-11-26(20(29)30-18)13-6-7-14(15(21)9-13)12-5-8-16(22-10-12)19-23-25-27(4-2)24-19;1-5(2,3)4/h4-10,17-18,28H,2-3,11H2,1H3;(H3,1,2,3,4)/t17?,18-;/m1./s1. The normalized spacial score (nSPS) is 16.3. The van der Waals surface area contributed by atoms with Crippen LogP contribution in [0.1, 0.15) is 13.3 Å². The second kappa shape index (κ2) is 10.8. The molecule has 186 valence electrons. The van der Waals surface area contributed by atoms with E-state index in [0.717, 1.165) is 0 Å². The molecule has 3 aromatic rings. The molecule has 0 aliphatic carbocycles. The molecule has 0 bridgehead atoms. The van der Waals surface area contributed by atoms with E-state index in [9.17, 15) is 14.3 Å². The molecule has 0 spiro atoms. The third-order valence-corrected chi connectivity index (χ3v) is 4.84. The van der Waals surface area contributed by atoms with Crippen LogP contribution in [0, 0.1) is 5.82 Å². The molecule has 1 aliphatic heterocycles. The number of pyridine rings is 1. The molecule has 2 atom stereocenters. The maximum atomic E-state index is 14.8. The number of benzene rings is 1. The molecule has 3 heterocycles. The molecular weight excluding hydrogens is 486 g/mol. The molecule has 0 saturated carbocycles. The number of ether oxygens (including phenoxy) is 1. The molecule has 4 N–H and O–H groups in total. The minimum absolute atomic E-state index is 0.168. The van der Waals surface area contributed by atoms with E-state index in [4.69, 9.17) is 24.0 Å². The minimum Gasteiger partial charge on any atom is -0.441 e. The SMILES string of the molecule is C=Cn1nnc(-c2ccc(-c3ccc(N4C[C@H](C(O)CC)OC4=O)cc3F)cn2)n1.O=P(O)(O)O. The maximum absolute atomic E-state index is 14.8. The lowest BCUT2D eigenvalue weighted by molar-refractivity contribution is 0.0308. The second-order valence-electron chi connectivity index (χ2n) is 7.23. The molecule has 0 radical (unpaired) electrons. The summed E-state index contributed by atoms with van der Waals surface area (Å²) < 4.78 is 28.9. The van der Waals surface area contributed by atoms with Crippen molar-refractivity contribution < 1.29 is 38.3 Å². The smallest absolute Gasteiger partial charge is 0.441 e. The number of aliphatic hydroxyl groups is 1. The summed E-state index contributed by atoms with van der Waals surface area (Å²) in [6.45, 7) is 5.52. The maximum Gasteiger partial charge on any atom is 0.466 e. The van der Waals surface area contributed by atoms with Gasteiger partial charge in [0.1, 0.15) is 17.6 Å². The predicted octanol–water partition coefficient (Wildman–Crippen LogP) is 1.81. The molecule has 1 fully saturated rings. The van der Waals surface area contributed by atoms with Crippen LogP contribution >= 0.6 is 7.82 Å². The lowest BCUT2D eigenvalue weighted by Gasteiger charge is -2.16. The summed E-state index contributed by atoms with van der Waals surface area (Å²) in [5.74, 6) is -0.182. The Balaban J connectivity index is 0.000000623. The van der Waals surface area contributed by atoms with Crippen molar-refractivity contribution in [2.45, 2.75) is 25.6 Å². The topological polar surface area (TPSA) is 184 Å². The van der Waals surface area contributed by atoms with Gasteiger partial charge >= 0.3 is 13.9 Å². The zero-order valence-electron chi connectivity index (χ0n) is 18.3. The number of carbonyl (C=O) groups is 1. The number of anilines is 1. The molecule has 1 unspecified atom stereocenters. The van der Waals surface area contributed by atoms with Gasteiger partial charge in [-0.1, -0.05) is 19.6 Å². The number of rotatable bonds is 6. The fourth-order valence-electron chi connectivity index (χ4n) is 3.16. The summed E-state index contributed by atoms with van der Waals surface area (Å²) in [7, 11) is -4.64. The number of nitrogens with zero attached hydrogens (tertiary/aromatic N) is 6. The first-order valence-electron chi connectivity index (χ1n) is 10.1. The van der Waals surface area contributed by atoms with E-state index in [1.807, 2.05) is 0 Å². The highest BCUT2D eigenvalue weighted by atomic mass is 31.2. The monoisotopic (exact) mass is 508 g/mol. The van der Waals surface area contributed by atoms with E-state index in [0.29, 0.717) is 34.8 Å². The Labute approximate surface area is 198 Å². The van der Waals surface area contributed by atoms with Crippen molar-refractivity contribution in [2.75, 3.05) is 11.4 Å². The number of aromatic nitrogens is 5. The Morgan fingerprint density at radius 3 is 2.57 bits per heavy atom. The van der Waals surface area contributed by atoms with Gasteiger partial charge in [0.05, 0.1) is 18.3 Å². The van der Waals surface area contributed by atoms with Crippen molar-refractivity contribution in [3.8, 4) is 22.6 Å². The van der Waals surface area contributed by atoms with Gasteiger partial charge in [0.25, 0.3) is 0 Å². The summed E-state index contributed by atoms with van der Waals surface area (Å²) in [5, 5.41) is 21.6. The first-order chi connectivity index (χ1) is 16.5. The first kappa shape index (κ1) is 26.1. The highest BCUT2D eigenvalue weighted by molar-refractivity contribution is 7.45. The molecule has 15 heteroatoms. The summed E-state index contributed by atoms with van der Waals surface area (Å²) in [6.07, 6.45) is 1.39. The van der Waals surface area contributed by atoms with Gasteiger partial charge in [0, 0.05) is 23.5 Å². The number of tetrazole rings is 1. The van der Waals surface area contributed by atoms with Crippen LogP contribution in [0.3, 0.4) is 0 Å². The van der Waals surface area contributed by atoms with Crippen LogP contribution < -0.4 is 4.90 Å². The van der Waals surface area contributed by atoms with Crippen LogP contribution in [-0.2, 0) is 9.30 Å². The number of hydrogen-bond donors (Lipinski definition) is 4. The van der Waals surface area contributed by atoms with Crippen molar-refractivity contribution in [3.63, 3.8) is 0 Å². The van der Waals surface area contributed by atoms with Crippen molar-refractivity contribution in [1.29, 1.82) is 0 Å². The molecule has 1 amide bonds. The molecule has 13 nitrogen and oxygen atoms in total. The van der Waals surface area contributed by atoms with Crippen LogP contribution in [0.2, 0.25) is 0 Å². The lowest BCUT2D eigenvalue weighted by atomic mass is 10.1. The van der Waals surface area contributed by atoms with Crippen molar-refractivity contribution >= 4 is 25.8 Å². The molecule has 35 heavy (non-hydrogen) atoms. The summed E-state index contributed by atoms with van der Waals surface area (Å²) in [4.78, 5) is 40.5. The summed E-state index contributed by atoms with van der Waals surface area (Å²) in [6, 6.07) is 7.84. The molecule has 2 aromatic heterocycles. The average molecular weight is 508 g/mol. The number of cyclic esters (lactones) is 1. The molecule has 4 rings (SSSR count). The van der Waals surface area contributed by atoms with Crippen LogP contribution in [0.5, 0.6) is 0 Å². The number of halogens is 1. The number of carbonyl (C=O) groups excluding carboxylic acids is 1. The van der Waals surface area contributed by atoms with Gasteiger partial charge in [0.15, 0.2) is 0 Å². The van der Waals surface area contributed by atoms with E-state index in [1.165, 1.54) is 28.2 Å². The fraction of sp³-hybridized carbons (Fsp3) is 0.250. The number of hydrogen-bond acceptors (Lipinski definition) is 8. The highest BCUT2D eigenvalue weighted by Gasteiger charge is 2.36. The van der Waals surface area contributed by atoms with Crippen molar-refractivity contribution in [3.05, 3.63) is 48.9 Å². The van der Waals surface area contributed by atoms with Gasteiger partial charge in [-0.15, -0.1) is 15.0 Å². The first-order valence-corrected chi connectivity index (χ1v) is 11.7. The largest absolute Gasteiger partial charge is 0.466 e. The Morgan fingerprint density at radius 1 is 1.31 bits per heavy atom. The van der Waals surface area contributed by atoms with E-state index in [1.54, 1.807) is 31.2 Å². The molecule has 1 saturated heterocycles. The Kier molecular flexibility index (Phi) is 8.04. The Morgan fingerprint density at radius 2 is 2.03 bits per heavy atom. The van der Waals surface area contributed by atoms with E-state index < -0.39 is 31.9 Å². The van der Waals surface area contributed by atoms with E-state index >= 15 is 0 Å². The Bertz CT molecular complexity index is 1240.